The molecule has 1 aromatic heterocycles. The standard InChI is InChI=1S/C16H21N5O2.ClH/c1-12-15(16(22)20-10-3-8-17-9-11-20)18-19-21(12)13-4-6-14(23-2)7-5-13;/h4-7,17H,3,8-11H2,1-2H3;1H. The van der Waals surface area contributed by atoms with E-state index < -0.39 is 0 Å². The molecule has 0 unspecified atom stereocenters. The Hall–Kier alpha value is -2.12. The summed E-state index contributed by atoms with van der Waals surface area (Å²) in [5, 5.41) is 11.5. The van der Waals surface area contributed by atoms with Gasteiger partial charge in [0.25, 0.3) is 5.91 Å². The highest BCUT2D eigenvalue weighted by Crippen LogP contribution is 2.17. The zero-order valence-corrected chi connectivity index (χ0v) is 14.7. The highest BCUT2D eigenvalue weighted by Gasteiger charge is 2.23. The molecule has 1 aromatic carbocycles. The second kappa shape index (κ2) is 8.12. The first-order valence-corrected chi connectivity index (χ1v) is 7.77. The Labute approximate surface area is 147 Å². The molecule has 7 nitrogen and oxygen atoms in total. The maximum Gasteiger partial charge on any atom is 0.276 e. The predicted molar refractivity (Wildman–Crippen MR) is 93.3 cm³/mol. The van der Waals surface area contributed by atoms with Gasteiger partial charge < -0.3 is 15.0 Å². The number of hydrogen-bond donors (Lipinski definition) is 1. The molecule has 0 radical (unpaired) electrons. The van der Waals surface area contributed by atoms with Crippen molar-refractivity contribution in [1.82, 2.24) is 25.2 Å². The fourth-order valence-corrected chi connectivity index (χ4v) is 2.69. The SMILES string of the molecule is COc1ccc(-n2nnc(C(=O)N3CCCNCC3)c2C)cc1.Cl. The first-order chi connectivity index (χ1) is 11.2. The van der Waals surface area contributed by atoms with Crippen molar-refractivity contribution in [1.29, 1.82) is 0 Å². The van der Waals surface area contributed by atoms with Gasteiger partial charge in [0.2, 0.25) is 0 Å². The summed E-state index contributed by atoms with van der Waals surface area (Å²) in [6.45, 7) is 5.08. The number of halogens is 1. The molecule has 2 aromatic rings. The predicted octanol–water partition coefficient (Wildman–Crippen LogP) is 1.44. The third kappa shape index (κ3) is 3.68. The summed E-state index contributed by atoms with van der Waals surface area (Å²) < 4.78 is 6.84. The van der Waals surface area contributed by atoms with Gasteiger partial charge in [0.05, 0.1) is 18.5 Å². The highest BCUT2D eigenvalue weighted by atomic mass is 35.5. The Morgan fingerprint density at radius 2 is 1.96 bits per heavy atom. The van der Waals surface area contributed by atoms with Gasteiger partial charge in [-0.15, -0.1) is 17.5 Å². The molecule has 0 spiro atoms. The minimum absolute atomic E-state index is 0. The lowest BCUT2D eigenvalue weighted by molar-refractivity contribution is 0.0759. The molecule has 1 fully saturated rings. The summed E-state index contributed by atoms with van der Waals surface area (Å²) in [7, 11) is 1.63. The Bertz CT molecular complexity index is 678. The number of amides is 1. The van der Waals surface area contributed by atoms with E-state index in [2.05, 4.69) is 15.6 Å². The fourth-order valence-electron chi connectivity index (χ4n) is 2.69. The van der Waals surface area contributed by atoms with Gasteiger partial charge in [-0.2, -0.15) is 0 Å². The van der Waals surface area contributed by atoms with Crippen LogP contribution in [0.2, 0.25) is 0 Å². The summed E-state index contributed by atoms with van der Waals surface area (Å²) in [4.78, 5) is 14.5. The van der Waals surface area contributed by atoms with Crippen LogP contribution in [-0.2, 0) is 0 Å². The number of carbonyl (C=O) groups excluding carboxylic acids is 1. The molecule has 0 bridgehead atoms. The average Bonchev–Trinajstić information content (AvgIpc) is 2.79. The second-order valence-corrected chi connectivity index (χ2v) is 5.53. The van der Waals surface area contributed by atoms with Crippen LogP contribution < -0.4 is 10.1 Å². The summed E-state index contributed by atoms with van der Waals surface area (Å²) in [6.07, 6.45) is 0.956. The molecule has 1 aliphatic rings. The lowest BCUT2D eigenvalue weighted by Gasteiger charge is -2.18. The van der Waals surface area contributed by atoms with Gasteiger partial charge in [0.15, 0.2) is 5.69 Å². The van der Waals surface area contributed by atoms with Crippen LogP contribution in [0.4, 0.5) is 0 Å². The molecular formula is C16H22ClN5O2. The number of nitrogens with zero attached hydrogens (tertiary/aromatic N) is 4. The van der Waals surface area contributed by atoms with Crippen molar-refractivity contribution in [3.63, 3.8) is 0 Å². The molecule has 8 heteroatoms. The third-order valence-electron chi connectivity index (χ3n) is 4.04. The summed E-state index contributed by atoms with van der Waals surface area (Å²) in [5.74, 6) is 0.728. The topological polar surface area (TPSA) is 72.3 Å². The van der Waals surface area contributed by atoms with Crippen LogP contribution in [0.15, 0.2) is 24.3 Å². The van der Waals surface area contributed by atoms with Crippen molar-refractivity contribution in [3.8, 4) is 11.4 Å². The molecule has 0 saturated carbocycles. The van der Waals surface area contributed by atoms with Crippen LogP contribution in [0.5, 0.6) is 5.75 Å². The summed E-state index contributed by atoms with van der Waals surface area (Å²) in [5.41, 5.74) is 2.02. The number of nitrogens with one attached hydrogen (secondary N) is 1. The number of carbonyl (C=O) groups is 1. The molecule has 1 saturated heterocycles. The molecule has 0 atom stereocenters. The lowest BCUT2D eigenvalue weighted by atomic mass is 10.2. The molecule has 1 N–H and O–H groups in total. The number of hydrogen-bond acceptors (Lipinski definition) is 5. The third-order valence-corrected chi connectivity index (χ3v) is 4.04. The molecule has 130 valence electrons. The van der Waals surface area contributed by atoms with E-state index in [4.69, 9.17) is 4.74 Å². The molecule has 1 aliphatic heterocycles. The van der Waals surface area contributed by atoms with E-state index in [-0.39, 0.29) is 18.3 Å². The van der Waals surface area contributed by atoms with Crippen LogP contribution in [0, 0.1) is 6.92 Å². The smallest absolute Gasteiger partial charge is 0.276 e. The fraction of sp³-hybridized carbons (Fsp3) is 0.438. The minimum atomic E-state index is -0.0500. The van der Waals surface area contributed by atoms with E-state index in [1.165, 1.54) is 0 Å². The number of ether oxygens (including phenoxy) is 1. The Kier molecular flexibility index (Phi) is 6.16. The second-order valence-electron chi connectivity index (χ2n) is 5.53. The van der Waals surface area contributed by atoms with Crippen molar-refractivity contribution in [2.24, 2.45) is 0 Å². The van der Waals surface area contributed by atoms with Crippen molar-refractivity contribution in [2.45, 2.75) is 13.3 Å². The maximum absolute atomic E-state index is 12.7. The first-order valence-electron chi connectivity index (χ1n) is 7.77. The van der Waals surface area contributed by atoms with E-state index in [1.807, 2.05) is 36.1 Å². The molecule has 3 rings (SSSR count). The van der Waals surface area contributed by atoms with E-state index in [0.717, 1.165) is 43.2 Å². The van der Waals surface area contributed by atoms with Gasteiger partial charge in [-0.1, -0.05) is 5.21 Å². The molecular weight excluding hydrogens is 330 g/mol. The van der Waals surface area contributed by atoms with Gasteiger partial charge in [-0.05, 0) is 44.2 Å². The van der Waals surface area contributed by atoms with Crippen molar-refractivity contribution < 1.29 is 9.53 Å². The quantitative estimate of drug-likeness (QED) is 0.906. The maximum atomic E-state index is 12.7. The number of rotatable bonds is 3. The van der Waals surface area contributed by atoms with Crippen LogP contribution in [-0.4, -0.2) is 59.1 Å². The first kappa shape index (κ1) is 18.2. The van der Waals surface area contributed by atoms with Gasteiger partial charge >= 0.3 is 0 Å². The summed E-state index contributed by atoms with van der Waals surface area (Å²) in [6, 6.07) is 7.51. The number of aromatic nitrogens is 3. The molecule has 24 heavy (non-hydrogen) atoms. The van der Waals surface area contributed by atoms with Gasteiger partial charge in [-0.3, -0.25) is 4.79 Å². The molecule has 2 heterocycles. The van der Waals surface area contributed by atoms with Crippen molar-refractivity contribution in [3.05, 3.63) is 35.7 Å². The van der Waals surface area contributed by atoms with Crippen LogP contribution in [0.25, 0.3) is 5.69 Å². The van der Waals surface area contributed by atoms with Crippen molar-refractivity contribution >= 4 is 18.3 Å². The molecule has 1 amide bonds. The summed E-state index contributed by atoms with van der Waals surface area (Å²) >= 11 is 0. The van der Waals surface area contributed by atoms with E-state index >= 15 is 0 Å². The van der Waals surface area contributed by atoms with Crippen molar-refractivity contribution in [2.75, 3.05) is 33.3 Å². The van der Waals surface area contributed by atoms with Crippen LogP contribution in [0.1, 0.15) is 22.6 Å². The van der Waals surface area contributed by atoms with Crippen LogP contribution >= 0.6 is 12.4 Å². The van der Waals surface area contributed by atoms with Gasteiger partial charge in [0, 0.05) is 19.6 Å². The number of benzene rings is 1. The lowest BCUT2D eigenvalue weighted by Crippen LogP contribution is -2.34. The largest absolute Gasteiger partial charge is 0.497 e. The van der Waals surface area contributed by atoms with Gasteiger partial charge in [-0.25, -0.2) is 4.68 Å². The molecule has 0 aliphatic carbocycles. The average molecular weight is 352 g/mol. The van der Waals surface area contributed by atoms with Crippen LogP contribution in [0.3, 0.4) is 0 Å². The Morgan fingerprint density at radius 1 is 1.21 bits per heavy atom. The zero-order chi connectivity index (χ0) is 16.2. The van der Waals surface area contributed by atoms with E-state index in [1.54, 1.807) is 11.8 Å². The highest BCUT2D eigenvalue weighted by molar-refractivity contribution is 5.93. The zero-order valence-electron chi connectivity index (χ0n) is 13.9. The normalized spacial score (nSPS) is 14.7. The Morgan fingerprint density at radius 3 is 2.67 bits per heavy atom. The Balaban J connectivity index is 0.00000208. The minimum Gasteiger partial charge on any atom is -0.497 e. The van der Waals surface area contributed by atoms with E-state index in [0.29, 0.717) is 12.2 Å². The van der Waals surface area contributed by atoms with E-state index in [9.17, 15) is 4.79 Å². The van der Waals surface area contributed by atoms with Gasteiger partial charge in [0.1, 0.15) is 5.75 Å². The monoisotopic (exact) mass is 351 g/mol. The number of methoxy groups -OCH3 is 1.